The van der Waals surface area contributed by atoms with Gasteiger partial charge >= 0.3 is 0 Å². The molecular formula is C16H16ClN3O2S. The Kier molecular flexibility index (Phi) is 4.39. The van der Waals surface area contributed by atoms with Crippen molar-refractivity contribution >= 4 is 32.3 Å². The maximum absolute atomic E-state index is 12.9. The normalized spacial score (nSPS) is 11.9. The fourth-order valence-corrected chi connectivity index (χ4v) is 4.01. The molecule has 0 radical (unpaired) electrons. The van der Waals surface area contributed by atoms with Gasteiger partial charge in [0, 0.05) is 17.0 Å². The van der Waals surface area contributed by atoms with E-state index in [0.29, 0.717) is 35.4 Å². The Morgan fingerprint density at radius 3 is 2.57 bits per heavy atom. The first kappa shape index (κ1) is 16.0. The molecule has 0 fully saturated rings. The Morgan fingerprint density at radius 1 is 1.13 bits per heavy atom. The highest BCUT2D eigenvalue weighted by Crippen LogP contribution is 2.29. The average molecular weight is 350 g/mol. The molecule has 7 heteroatoms. The van der Waals surface area contributed by atoms with Gasteiger partial charge in [-0.1, -0.05) is 29.8 Å². The number of aromatic nitrogens is 2. The Bertz CT molecular complexity index is 937. The van der Waals surface area contributed by atoms with Crippen molar-refractivity contribution < 1.29 is 8.42 Å². The summed E-state index contributed by atoms with van der Waals surface area (Å²) in [7, 11) is -3.69. The van der Waals surface area contributed by atoms with Crippen molar-refractivity contribution in [3.05, 3.63) is 53.6 Å². The van der Waals surface area contributed by atoms with Crippen molar-refractivity contribution in [2.75, 3.05) is 6.54 Å². The highest BCUT2D eigenvalue weighted by Gasteiger charge is 2.25. The second-order valence-corrected chi connectivity index (χ2v) is 7.45. The molecule has 3 rings (SSSR count). The zero-order valence-electron chi connectivity index (χ0n) is 12.3. The van der Waals surface area contributed by atoms with Crippen molar-refractivity contribution in [2.24, 2.45) is 5.73 Å². The van der Waals surface area contributed by atoms with E-state index in [9.17, 15) is 8.42 Å². The van der Waals surface area contributed by atoms with Crippen molar-refractivity contribution in [2.45, 2.75) is 22.9 Å². The maximum Gasteiger partial charge on any atom is 0.226 e. The van der Waals surface area contributed by atoms with E-state index in [2.05, 4.69) is 5.10 Å². The van der Waals surface area contributed by atoms with Gasteiger partial charge in [-0.05, 0) is 43.3 Å². The molecule has 0 aliphatic rings. The maximum atomic E-state index is 12.9. The fourth-order valence-electron chi connectivity index (χ4n) is 2.44. The van der Waals surface area contributed by atoms with Crippen molar-refractivity contribution in [3.8, 4) is 0 Å². The number of halogens is 1. The van der Waals surface area contributed by atoms with Gasteiger partial charge in [-0.25, -0.2) is 8.42 Å². The molecule has 2 N–H and O–H groups in total. The van der Waals surface area contributed by atoms with E-state index in [1.165, 1.54) is 0 Å². The molecule has 120 valence electrons. The quantitative estimate of drug-likeness (QED) is 0.768. The van der Waals surface area contributed by atoms with Crippen LogP contribution >= 0.6 is 11.6 Å². The van der Waals surface area contributed by atoms with Crippen LogP contribution in [0.3, 0.4) is 0 Å². The van der Waals surface area contributed by atoms with Crippen LogP contribution in [0.5, 0.6) is 0 Å². The monoisotopic (exact) mass is 349 g/mol. The summed E-state index contributed by atoms with van der Waals surface area (Å²) in [5.74, 6) is 0. The first-order chi connectivity index (χ1) is 11.0. The summed E-state index contributed by atoms with van der Waals surface area (Å²) in [5.41, 5.74) is 6.24. The van der Waals surface area contributed by atoms with Gasteiger partial charge in [0.05, 0.1) is 10.4 Å². The number of aryl methyl sites for hydroxylation is 1. The van der Waals surface area contributed by atoms with Crippen LogP contribution in [0, 0.1) is 0 Å². The summed E-state index contributed by atoms with van der Waals surface area (Å²) in [6.45, 7) is 1.04. The first-order valence-corrected chi connectivity index (χ1v) is 9.06. The molecule has 0 aliphatic heterocycles. The Hall–Kier alpha value is -1.89. The summed E-state index contributed by atoms with van der Waals surface area (Å²) in [6, 6.07) is 13.4. The van der Waals surface area contributed by atoms with Crippen LogP contribution in [0.1, 0.15) is 6.42 Å². The summed E-state index contributed by atoms with van der Waals surface area (Å²) in [5, 5.41) is 5.48. The van der Waals surface area contributed by atoms with Crippen molar-refractivity contribution in [3.63, 3.8) is 0 Å². The van der Waals surface area contributed by atoms with Crippen LogP contribution in [0.2, 0.25) is 5.02 Å². The van der Waals surface area contributed by atoms with Crippen LogP contribution in [0.4, 0.5) is 0 Å². The molecule has 0 aliphatic carbocycles. The lowest BCUT2D eigenvalue weighted by Gasteiger charge is -2.01. The molecule has 23 heavy (non-hydrogen) atoms. The largest absolute Gasteiger partial charge is 0.330 e. The minimum atomic E-state index is -3.69. The number of nitrogens with two attached hydrogens (primary N) is 1. The lowest BCUT2D eigenvalue weighted by Crippen LogP contribution is -2.08. The van der Waals surface area contributed by atoms with Gasteiger partial charge in [0.25, 0.3) is 0 Å². The second kappa shape index (κ2) is 6.31. The van der Waals surface area contributed by atoms with Crippen LogP contribution < -0.4 is 5.73 Å². The number of rotatable bonds is 5. The number of nitrogens with zero attached hydrogens (tertiary/aromatic N) is 2. The van der Waals surface area contributed by atoms with Crippen LogP contribution in [-0.2, 0) is 16.4 Å². The van der Waals surface area contributed by atoms with Gasteiger partial charge in [0.1, 0.15) is 0 Å². The summed E-state index contributed by atoms with van der Waals surface area (Å²) >= 11 is 6.05. The fraction of sp³-hybridized carbons (Fsp3) is 0.188. The van der Waals surface area contributed by atoms with E-state index in [4.69, 9.17) is 17.3 Å². The molecule has 0 spiro atoms. The van der Waals surface area contributed by atoms with E-state index in [0.717, 1.165) is 0 Å². The van der Waals surface area contributed by atoms with E-state index in [-0.39, 0.29) is 9.92 Å². The highest BCUT2D eigenvalue weighted by molar-refractivity contribution is 7.91. The van der Waals surface area contributed by atoms with Gasteiger partial charge in [0.2, 0.25) is 9.84 Å². The topological polar surface area (TPSA) is 78.0 Å². The highest BCUT2D eigenvalue weighted by atomic mass is 35.5. The van der Waals surface area contributed by atoms with E-state index < -0.39 is 9.84 Å². The molecular weight excluding hydrogens is 334 g/mol. The Labute approximate surface area is 139 Å². The molecule has 0 bridgehead atoms. The number of hydrogen-bond acceptors (Lipinski definition) is 4. The van der Waals surface area contributed by atoms with Crippen molar-refractivity contribution in [1.82, 2.24) is 9.78 Å². The lowest BCUT2D eigenvalue weighted by atomic mass is 10.2. The van der Waals surface area contributed by atoms with E-state index in [1.54, 1.807) is 53.2 Å². The molecule has 0 amide bonds. The predicted octanol–water partition coefficient (Wildman–Crippen LogP) is 2.87. The molecule has 0 saturated carbocycles. The average Bonchev–Trinajstić information content (AvgIpc) is 2.92. The lowest BCUT2D eigenvalue weighted by molar-refractivity contribution is 0.568. The predicted molar refractivity (Wildman–Crippen MR) is 90.3 cm³/mol. The van der Waals surface area contributed by atoms with Gasteiger partial charge < -0.3 is 5.73 Å². The van der Waals surface area contributed by atoms with Crippen molar-refractivity contribution in [1.29, 1.82) is 0 Å². The summed E-state index contributed by atoms with van der Waals surface area (Å²) < 4.78 is 27.4. The number of fused-ring (bicyclic) bond motifs is 1. The second-order valence-electron chi connectivity index (χ2n) is 5.15. The minimum Gasteiger partial charge on any atom is -0.330 e. The van der Waals surface area contributed by atoms with Crippen LogP contribution in [0.25, 0.3) is 10.9 Å². The Balaban J connectivity index is 2.22. The third kappa shape index (κ3) is 2.97. The SMILES string of the molecule is NCCCn1nc(S(=O)(=O)c2ccccc2)c2ccc(Cl)cc21. The van der Waals surface area contributed by atoms with Gasteiger partial charge in [-0.3, -0.25) is 4.68 Å². The molecule has 3 aromatic rings. The molecule has 5 nitrogen and oxygen atoms in total. The first-order valence-electron chi connectivity index (χ1n) is 7.20. The molecule has 1 aromatic heterocycles. The number of sulfone groups is 1. The number of benzene rings is 2. The summed E-state index contributed by atoms with van der Waals surface area (Å²) in [4.78, 5) is 0.223. The molecule has 2 aromatic carbocycles. The smallest absolute Gasteiger partial charge is 0.226 e. The van der Waals surface area contributed by atoms with Gasteiger partial charge in [-0.15, -0.1) is 0 Å². The molecule has 1 heterocycles. The Morgan fingerprint density at radius 2 is 1.87 bits per heavy atom. The standard InChI is InChI=1S/C16H16ClN3O2S/c17-12-7-8-14-15(11-12)20(10-4-9-18)19-16(14)23(21,22)13-5-2-1-3-6-13/h1-3,5-8,11H,4,9-10,18H2. The van der Waals surface area contributed by atoms with E-state index in [1.807, 2.05) is 0 Å². The van der Waals surface area contributed by atoms with E-state index >= 15 is 0 Å². The third-order valence-corrected chi connectivity index (χ3v) is 5.50. The summed E-state index contributed by atoms with van der Waals surface area (Å²) in [6.07, 6.45) is 0.702. The molecule has 0 unspecified atom stereocenters. The molecule has 0 saturated heterocycles. The minimum absolute atomic E-state index is 0.0485. The van der Waals surface area contributed by atoms with Crippen LogP contribution in [-0.4, -0.2) is 24.7 Å². The zero-order chi connectivity index (χ0) is 16.4. The third-order valence-electron chi connectivity index (χ3n) is 3.56. The number of hydrogen-bond donors (Lipinski definition) is 1. The van der Waals surface area contributed by atoms with Gasteiger partial charge in [-0.2, -0.15) is 5.10 Å². The van der Waals surface area contributed by atoms with Crippen LogP contribution in [0.15, 0.2) is 58.5 Å². The van der Waals surface area contributed by atoms with Gasteiger partial charge in [0.15, 0.2) is 5.03 Å². The molecule has 0 atom stereocenters. The zero-order valence-corrected chi connectivity index (χ0v) is 13.9.